The molecule has 0 unspecified atom stereocenters. The zero-order chi connectivity index (χ0) is 17.8. The Labute approximate surface area is 168 Å². The summed E-state index contributed by atoms with van der Waals surface area (Å²) in [5.41, 5.74) is 1.20. The third-order valence-corrected chi connectivity index (χ3v) is 5.25. The molecule has 0 N–H and O–H groups in total. The summed E-state index contributed by atoms with van der Waals surface area (Å²) in [6, 6.07) is 12.5. The first-order valence-electron chi connectivity index (χ1n) is 7.69. The number of carbonyl (C=O) groups excluding carboxylic acids is 1. The van der Waals surface area contributed by atoms with E-state index < -0.39 is 5.97 Å². The minimum atomic E-state index is -0.416. The molecule has 0 radical (unpaired) electrons. The van der Waals surface area contributed by atoms with Gasteiger partial charge in [-0.25, -0.2) is 4.79 Å². The van der Waals surface area contributed by atoms with E-state index in [1.807, 2.05) is 12.1 Å². The van der Waals surface area contributed by atoms with Gasteiger partial charge in [-0.05, 0) is 42.5 Å². The molecule has 130 valence electrons. The van der Waals surface area contributed by atoms with Crippen molar-refractivity contribution in [1.29, 1.82) is 0 Å². The second-order valence-electron chi connectivity index (χ2n) is 5.44. The summed E-state index contributed by atoms with van der Waals surface area (Å²) in [4.78, 5) is 15.2. The molecule has 2 aromatic rings. The molecule has 4 nitrogen and oxygen atoms in total. The van der Waals surface area contributed by atoms with Crippen molar-refractivity contribution in [3.63, 3.8) is 0 Å². The molecule has 0 saturated carbocycles. The van der Waals surface area contributed by atoms with Crippen LogP contribution in [-0.2, 0) is 4.74 Å². The molecule has 0 aliphatic carbocycles. The Bertz CT molecular complexity index is 789. The van der Waals surface area contributed by atoms with Gasteiger partial charge in [-0.3, -0.25) is 0 Å². The molecule has 1 heterocycles. The van der Waals surface area contributed by atoms with Crippen molar-refractivity contribution in [3.8, 4) is 5.75 Å². The number of nitrogens with zero attached hydrogens (tertiary/aromatic N) is 1. The Balaban J connectivity index is 1.84. The van der Waals surface area contributed by atoms with Gasteiger partial charge in [0.1, 0.15) is 10.7 Å². The van der Waals surface area contributed by atoms with Gasteiger partial charge in [-0.15, -0.1) is 0 Å². The lowest BCUT2D eigenvalue weighted by Crippen LogP contribution is -2.40. The lowest BCUT2D eigenvalue weighted by molar-refractivity contribution is 0.0687. The number of esters is 1. The molecule has 1 saturated heterocycles. The fraction of sp³-hybridized carbons (Fsp3) is 0.222. The summed E-state index contributed by atoms with van der Waals surface area (Å²) in [6.07, 6.45) is 0. The predicted octanol–water partition coefficient (Wildman–Crippen LogP) is 4.44. The molecule has 3 rings (SSSR count). The minimum absolute atomic E-state index is 0.416. The lowest BCUT2D eigenvalue weighted by atomic mass is 10.1. The van der Waals surface area contributed by atoms with Gasteiger partial charge in [-0.1, -0.05) is 44.1 Å². The topological polar surface area (TPSA) is 38.8 Å². The van der Waals surface area contributed by atoms with Crippen LogP contribution >= 0.6 is 44.1 Å². The molecule has 0 bridgehead atoms. The van der Waals surface area contributed by atoms with E-state index in [4.69, 9.17) is 21.7 Å². The Morgan fingerprint density at radius 2 is 1.68 bits per heavy atom. The van der Waals surface area contributed by atoms with Crippen LogP contribution in [0.25, 0.3) is 0 Å². The number of thiocarbonyl (C=S) groups is 1. The van der Waals surface area contributed by atoms with Gasteiger partial charge in [-0.2, -0.15) is 0 Å². The number of hydrogen-bond donors (Lipinski definition) is 0. The maximum absolute atomic E-state index is 12.4. The molecule has 1 aliphatic heterocycles. The average Bonchev–Trinajstić information content (AvgIpc) is 2.64. The summed E-state index contributed by atoms with van der Waals surface area (Å²) in [5.74, 6) is 0.0356. The highest BCUT2D eigenvalue weighted by atomic mass is 79.9. The Morgan fingerprint density at radius 1 is 1.04 bits per heavy atom. The van der Waals surface area contributed by atoms with Crippen LogP contribution in [-0.4, -0.2) is 42.2 Å². The van der Waals surface area contributed by atoms with E-state index in [1.54, 1.807) is 30.3 Å². The molecular formula is C18H15Br2NO3S. The normalized spacial score (nSPS) is 14.2. The fourth-order valence-electron chi connectivity index (χ4n) is 2.44. The van der Waals surface area contributed by atoms with Crippen LogP contribution < -0.4 is 4.74 Å². The van der Waals surface area contributed by atoms with Crippen LogP contribution in [0.5, 0.6) is 5.75 Å². The summed E-state index contributed by atoms with van der Waals surface area (Å²) in [5, 5.41) is 0. The first-order valence-corrected chi connectivity index (χ1v) is 9.68. The van der Waals surface area contributed by atoms with Crippen LogP contribution in [0.4, 0.5) is 0 Å². The summed E-state index contributed by atoms with van der Waals surface area (Å²) in [6.45, 7) is 2.74. The van der Waals surface area contributed by atoms with Crippen LogP contribution in [0.3, 0.4) is 0 Å². The molecule has 1 aliphatic rings. The van der Waals surface area contributed by atoms with Crippen molar-refractivity contribution in [1.82, 2.24) is 4.90 Å². The summed E-state index contributed by atoms with van der Waals surface area (Å²) >= 11 is 12.4. The molecule has 0 amide bonds. The van der Waals surface area contributed by atoms with Gasteiger partial charge in [0.2, 0.25) is 0 Å². The zero-order valence-corrected chi connectivity index (χ0v) is 17.2. The van der Waals surface area contributed by atoms with E-state index in [9.17, 15) is 4.79 Å². The van der Waals surface area contributed by atoms with Gasteiger partial charge in [0.25, 0.3) is 0 Å². The van der Waals surface area contributed by atoms with E-state index in [-0.39, 0.29) is 0 Å². The molecule has 0 aromatic heterocycles. The Kier molecular flexibility index (Phi) is 6.22. The number of carbonyl (C=O) groups is 1. The van der Waals surface area contributed by atoms with Crippen molar-refractivity contribution >= 4 is 55.0 Å². The zero-order valence-electron chi connectivity index (χ0n) is 13.2. The highest BCUT2D eigenvalue weighted by Gasteiger charge is 2.20. The molecule has 25 heavy (non-hydrogen) atoms. The van der Waals surface area contributed by atoms with Crippen LogP contribution in [0.1, 0.15) is 15.9 Å². The van der Waals surface area contributed by atoms with Gasteiger partial charge < -0.3 is 14.4 Å². The van der Waals surface area contributed by atoms with Crippen molar-refractivity contribution in [2.24, 2.45) is 0 Å². The van der Waals surface area contributed by atoms with Crippen LogP contribution in [0.15, 0.2) is 51.4 Å². The van der Waals surface area contributed by atoms with E-state index in [2.05, 4.69) is 36.8 Å². The number of halogens is 2. The number of benzene rings is 2. The third kappa shape index (κ3) is 4.67. The van der Waals surface area contributed by atoms with Gasteiger partial charge >= 0.3 is 5.97 Å². The van der Waals surface area contributed by atoms with Crippen molar-refractivity contribution in [3.05, 3.63) is 62.5 Å². The van der Waals surface area contributed by atoms with Gasteiger partial charge in [0.15, 0.2) is 0 Å². The fourth-order valence-corrected chi connectivity index (χ4v) is 3.41. The van der Waals surface area contributed by atoms with Gasteiger partial charge in [0, 0.05) is 22.0 Å². The van der Waals surface area contributed by atoms with Crippen LogP contribution in [0, 0.1) is 0 Å². The maximum atomic E-state index is 12.4. The largest absolute Gasteiger partial charge is 0.422 e. The highest BCUT2D eigenvalue weighted by Crippen LogP contribution is 2.26. The number of rotatable bonds is 3. The SMILES string of the molecule is O=C(Oc1ccc(Br)cc1C(=S)N1CCOCC1)c1ccc(Br)cc1. The quantitative estimate of drug-likeness (QED) is 0.366. The number of ether oxygens (including phenoxy) is 2. The Morgan fingerprint density at radius 3 is 2.36 bits per heavy atom. The molecule has 1 fully saturated rings. The van der Waals surface area contributed by atoms with Crippen molar-refractivity contribution in [2.75, 3.05) is 26.3 Å². The average molecular weight is 485 g/mol. The molecule has 0 atom stereocenters. The molecule has 2 aromatic carbocycles. The maximum Gasteiger partial charge on any atom is 0.343 e. The number of hydrogen-bond acceptors (Lipinski definition) is 4. The van der Waals surface area contributed by atoms with E-state index in [0.717, 1.165) is 27.6 Å². The number of morpholine rings is 1. The standard InChI is InChI=1S/C18H15Br2NO3S/c19-13-3-1-12(2-4-13)18(22)24-16-6-5-14(20)11-15(16)17(25)21-7-9-23-10-8-21/h1-6,11H,7-10H2. The Hall–Kier alpha value is -1.28. The van der Waals surface area contributed by atoms with E-state index >= 15 is 0 Å². The predicted molar refractivity (Wildman–Crippen MR) is 107 cm³/mol. The van der Waals surface area contributed by atoms with Gasteiger partial charge in [0.05, 0.1) is 24.3 Å². The van der Waals surface area contributed by atoms with Crippen molar-refractivity contribution in [2.45, 2.75) is 0 Å². The lowest BCUT2D eigenvalue weighted by Gasteiger charge is -2.29. The second kappa shape index (κ2) is 8.40. The summed E-state index contributed by atoms with van der Waals surface area (Å²) in [7, 11) is 0. The minimum Gasteiger partial charge on any atom is -0.422 e. The summed E-state index contributed by atoms with van der Waals surface area (Å²) < 4.78 is 12.8. The van der Waals surface area contributed by atoms with Crippen molar-refractivity contribution < 1.29 is 14.3 Å². The van der Waals surface area contributed by atoms with E-state index in [0.29, 0.717) is 29.5 Å². The third-order valence-electron chi connectivity index (χ3n) is 3.75. The molecular weight excluding hydrogens is 470 g/mol. The first-order chi connectivity index (χ1) is 12.0. The first kappa shape index (κ1) is 18.5. The second-order valence-corrected chi connectivity index (χ2v) is 7.66. The molecule has 0 spiro atoms. The monoisotopic (exact) mass is 483 g/mol. The highest BCUT2D eigenvalue weighted by molar-refractivity contribution is 9.10. The smallest absolute Gasteiger partial charge is 0.343 e. The van der Waals surface area contributed by atoms with Crippen LogP contribution in [0.2, 0.25) is 0 Å². The van der Waals surface area contributed by atoms with E-state index in [1.165, 1.54) is 0 Å². The molecule has 7 heteroatoms.